The number of aryl methyl sites for hydroxylation is 1. The molecule has 0 unspecified atom stereocenters. The number of fused-ring (bicyclic) bond motifs is 1. The van der Waals surface area contributed by atoms with Gasteiger partial charge >= 0.3 is 0 Å². The summed E-state index contributed by atoms with van der Waals surface area (Å²) in [5, 5.41) is 5.06. The van der Waals surface area contributed by atoms with E-state index in [1.54, 1.807) is 0 Å². The predicted molar refractivity (Wildman–Crippen MR) is 151 cm³/mol. The van der Waals surface area contributed by atoms with Crippen molar-refractivity contribution in [3.63, 3.8) is 0 Å². The average molecular weight is 506 g/mol. The van der Waals surface area contributed by atoms with Crippen LogP contribution in [0.3, 0.4) is 0 Å². The van der Waals surface area contributed by atoms with E-state index < -0.39 is 0 Å². The molecular formula is C29H43N7O. The number of H-pyrrole nitrogens is 1. The van der Waals surface area contributed by atoms with Crippen LogP contribution in [0.15, 0.2) is 35.6 Å². The molecule has 0 spiro atoms. The van der Waals surface area contributed by atoms with Crippen LogP contribution in [0.5, 0.6) is 0 Å². The third-order valence-electron chi connectivity index (χ3n) is 7.94. The molecule has 8 nitrogen and oxygen atoms in total. The highest BCUT2D eigenvalue weighted by molar-refractivity contribution is 5.92. The average Bonchev–Trinajstić information content (AvgIpc) is 3.22. The maximum atomic E-state index is 12.9. The van der Waals surface area contributed by atoms with Crippen LogP contribution in [0.1, 0.15) is 76.0 Å². The molecule has 0 atom stereocenters. The second kappa shape index (κ2) is 10.2. The lowest BCUT2D eigenvalue weighted by Crippen LogP contribution is -2.47. The minimum atomic E-state index is -0.0161. The standard InChI is InChI=1S/C29H43N7O/c1-18(2)26-23-15-21(20-10-12-35(13-11-20)25(37)17-34(7)29(4,5)6)8-9-24(23)32-27(26)22-14-19(3)28(33-30)36(31)16-22/h8-9,14-16,18,20,32H,10-13,17,30-31H2,1-7H3/b33-28-. The zero-order chi connectivity index (χ0) is 27.1. The lowest BCUT2D eigenvalue weighted by atomic mass is 9.87. The van der Waals surface area contributed by atoms with Gasteiger partial charge in [0.25, 0.3) is 0 Å². The van der Waals surface area contributed by atoms with Crippen LogP contribution in [0.4, 0.5) is 0 Å². The number of pyridine rings is 1. The van der Waals surface area contributed by atoms with Crippen LogP contribution in [0.2, 0.25) is 0 Å². The van der Waals surface area contributed by atoms with Crippen molar-refractivity contribution in [1.82, 2.24) is 19.5 Å². The van der Waals surface area contributed by atoms with E-state index in [9.17, 15) is 4.79 Å². The van der Waals surface area contributed by atoms with Gasteiger partial charge in [-0.15, -0.1) is 0 Å². The molecule has 200 valence electrons. The van der Waals surface area contributed by atoms with Crippen molar-refractivity contribution in [1.29, 1.82) is 0 Å². The van der Waals surface area contributed by atoms with Crippen molar-refractivity contribution in [2.75, 3.05) is 32.5 Å². The third kappa shape index (κ3) is 5.39. The number of benzene rings is 1. The summed E-state index contributed by atoms with van der Waals surface area (Å²) >= 11 is 0. The van der Waals surface area contributed by atoms with Gasteiger partial charge in [0.1, 0.15) is 0 Å². The number of aromatic nitrogens is 2. The zero-order valence-electron chi connectivity index (χ0n) is 23.4. The Balaban J connectivity index is 1.59. The molecule has 0 aliphatic carbocycles. The molecule has 37 heavy (non-hydrogen) atoms. The number of piperidine rings is 1. The number of hydrogen-bond acceptors (Lipinski definition) is 5. The van der Waals surface area contributed by atoms with E-state index in [-0.39, 0.29) is 11.4 Å². The number of nitrogens with zero attached hydrogens (tertiary/aromatic N) is 4. The summed E-state index contributed by atoms with van der Waals surface area (Å²) in [7, 11) is 2.02. The van der Waals surface area contributed by atoms with Crippen molar-refractivity contribution < 1.29 is 4.79 Å². The summed E-state index contributed by atoms with van der Waals surface area (Å²) in [6, 6.07) is 8.87. The first-order chi connectivity index (χ1) is 17.4. The molecule has 1 fully saturated rings. The number of likely N-dealkylation sites (N-methyl/N-ethyl adjacent to an activating group) is 1. The smallest absolute Gasteiger partial charge is 0.236 e. The second-order valence-corrected chi connectivity index (χ2v) is 11.8. The van der Waals surface area contributed by atoms with Crippen molar-refractivity contribution >= 4 is 16.8 Å². The summed E-state index contributed by atoms with van der Waals surface area (Å²) < 4.78 is 1.49. The minimum Gasteiger partial charge on any atom is -0.354 e. The Morgan fingerprint density at radius 3 is 2.46 bits per heavy atom. The molecule has 2 aromatic heterocycles. The Labute approximate surface area is 220 Å². The molecule has 1 aromatic carbocycles. The van der Waals surface area contributed by atoms with E-state index in [2.05, 4.69) is 73.9 Å². The fourth-order valence-corrected chi connectivity index (χ4v) is 5.37. The number of aromatic amines is 1. The molecule has 0 bridgehead atoms. The van der Waals surface area contributed by atoms with Crippen LogP contribution < -0.4 is 17.2 Å². The number of carbonyl (C=O) groups excluding carboxylic acids is 1. The summed E-state index contributed by atoms with van der Waals surface area (Å²) in [5.74, 6) is 12.7. The fraction of sp³-hybridized carbons (Fsp3) is 0.517. The number of amides is 1. The number of nitrogens with one attached hydrogen (secondary N) is 1. The van der Waals surface area contributed by atoms with Gasteiger partial charge in [0.2, 0.25) is 5.91 Å². The minimum absolute atomic E-state index is 0.0161. The van der Waals surface area contributed by atoms with Crippen LogP contribution >= 0.6 is 0 Å². The van der Waals surface area contributed by atoms with Crippen LogP contribution in [0, 0.1) is 6.92 Å². The van der Waals surface area contributed by atoms with Gasteiger partial charge in [-0.1, -0.05) is 19.9 Å². The lowest BCUT2D eigenvalue weighted by Gasteiger charge is -2.36. The maximum Gasteiger partial charge on any atom is 0.236 e. The number of nitrogen functional groups attached to an aromatic ring is 1. The van der Waals surface area contributed by atoms with Gasteiger partial charge in [0.15, 0.2) is 5.49 Å². The van der Waals surface area contributed by atoms with E-state index in [1.807, 2.05) is 25.1 Å². The number of rotatable bonds is 5. The van der Waals surface area contributed by atoms with Gasteiger partial charge in [-0.2, -0.15) is 5.10 Å². The topological polar surface area (TPSA) is 109 Å². The summed E-state index contributed by atoms with van der Waals surface area (Å²) in [6.07, 6.45) is 3.85. The monoisotopic (exact) mass is 505 g/mol. The highest BCUT2D eigenvalue weighted by atomic mass is 16.2. The Hall–Kier alpha value is -3.26. The van der Waals surface area contributed by atoms with E-state index in [0.717, 1.165) is 48.3 Å². The summed E-state index contributed by atoms with van der Waals surface area (Å²) in [6.45, 7) is 14.9. The largest absolute Gasteiger partial charge is 0.354 e. The molecule has 1 aliphatic heterocycles. The number of carbonyl (C=O) groups is 1. The Morgan fingerprint density at radius 1 is 1.22 bits per heavy atom. The Bertz CT molecular complexity index is 1320. The number of hydrogen-bond donors (Lipinski definition) is 3. The van der Waals surface area contributed by atoms with E-state index in [0.29, 0.717) is 23.9 Å². The highest BCUT2D eigenvalue weighted by Crippen LogP contribution is 2.38. The molecule has 4 rings (SSSR count). The molecule has 0 saturated carbocycles. The quantitative estimate of drug-likeness (QED) is 0.360. The second-order valence-electron chi connectivity index (χ2n) is 11.8. The normalized spacial score (nSPS) is 15.9. The van der Waals surface area contributed by atoms with Gasteiger partial charge in [0.05, 0.1) is 12.2 Å². The molecule has 3 heterocycles. The number of nitrogens with two attached hydrogens (primary N) is 2. The van der Waals surface area contributed by atoms with Crippen molar-refractivity contribution in [3.05, 3.63) is 52.6 Å². The first-order valence-corrected chi connectivity index (χ1v) is 13.3. The lowest BCUT2D eigenvalue weighted by molar-refractivity contribution is -0.134. The SMILES string of the molecule is Cc1cc(-c2[nH]c3ccc(C4CCN(C(=O)CN(C)C(C)(C)C)CC4)cc3c2C(C)C)cn(N)/c1=N\N. The fourth-order valence-electron chi connectivity index (χ4n) is 5.37. The molecule has 1 saturated heterocycles. The highest BCUT2D eigenvalue weighted by Gasteiger charge is 2.27. The zero-order valence-corrected chi connectivity index (χ0v) is 23.4. The van der Waals surface area contributed by atoms with Crippen molar-refractivity contribution in [2.45, 2.75) is 71.8 Å². The van der Waals surface area contributed by atoms with Gasteiger partial charge in [0, 0.05) is 41.3 Å². The molecule has 8 heteroatoms. The van der Waals surface area contributed by atoms with E-state index >= 15 is 0 Å². The Kier molecular flexibility index (Phi) is 7.42. The first kappa shape index (κ1) is 26.8. The van der Waals surface area contributed by atoms with E-state index in [1.165, 1.54) is 21.2 Å². The van der Waals surface area contributed by atoms with Gasteiger partial charge in [-0.05, 0) is 94.3 Å². The molecule has 1 aliphatic rings. The van der Waals surface area contributed by atoms with E-state index in [4.69, 9.17) is 11.7 Å². The van der Waals surface area contributed by atoms with Crippen LogP contribution in [-0.4, -0.2) is 57.6 Å². The molecular weight excluding hydrogens is 462 g/mol. The first-order valence-electron chi connectivity index (χ1n) is 13.3. The molecule has 0 radical (unpaired) electrons. The molecule has 5 N–H and O–H groups in total. The number of likely N-dealkylation sites (tertiary alicyclic amines) is 1. The van der Waals surface area contributed by atoms with Crippen LogP contribution in [0.25, 0.3) is 22.2 Å². The third-order valence-corrected chi connectivity index (χ3v) is 7.94. The Morgan fingerprint density at radius 2 is 1.89 bits per heavy atom. The van der Waals surface area contributed by atoms with Crippen molar-refractivity contribution in [2.24, 2.45) is 10.9 Å². The molecule has 1 amide bonds. The molecule has 3 aromatic rings. The van der Waals surface area contributed by atoms with Gasteiger partial charge in [-0.25, -0.2) is 0 Å². The van der Waals surface area contributed by atoms with Gasteiger partial charge in [-0.3, -0.25) is 14.4 Å². The maximum absolute atomic E-state index is 12.9. The predicted octanol–water partition coefficient (Wildman–Crippen LogP) is 3.99. The summed E-state index contributed by atoms with van der Waals surface area (Å²) in [5.41, 5.74) is 7.31. The van der Waals surface area contributed by atoms with Crippen molar-refractivity contribution in [3.8, 4) is 11.3 Å². The van der Waals surface area contributed by atoms with Crippen LogP contribution in [-0.2, 0) is 4.79 Å². The van der Waals surface area contributed by atoms with Gasteiger partial charge < -0.3 is 21.6 Å². The summed E-state index contributed by atoms with van der Waals surface area (Å²) in [4.78, 5) is 20.7.